The summed E-state index contributed by atoms with van der Waals surface area (Å²) >= 11 is 0. The van der Waals surface area contributed by atoms with Crippen LogP contribution in [0.25, 0.3) is 0 Å². The van der Waals surface area contributed by atoms with E-state index in [0.717, 1.165) is 0 Å². The summed E-state index contributed by atoms with van der Waals surface area (Å²) in [5.41, 5.74) is 3.02. The smallest absolute Gasteiger partial charge is 0.210 e. The first-order valence-corrected chi connectivity index (χ1v) is 5.31. The number of aliphatic imine (C=N–C) groups is 1. The van der Waals surface area contributed by atoms with Gasteiger partial charge in [-0.15, -0.1) is 0 Å². The largest absolute Gasteiger partial charge is 0.494 e. The van der Waals surface area contributed by atoms with Crippen LogP contribution in [-0.4, -0.2) is 33.3 Å². The lowest BCUT2D eigenvalue weighted by molar-refractivity contribution is 0.208. The molecule has 7 heteroatoms. The maximum Gasteiger partial charge on any atom is 0.210 e. The fourth-order valence-corrected chi connectivity index (χ4v) is 1.24. The van der Waals surface area contributed by atoms with E-state index >= 15 is 0 Å². The number of methoxy groups -OCH3 is 2. The van der Waals surface area contributed by atoms with Crippen molar-refractivity contribution >= 4 is 11.6 Å². The summed E-state index contributed by atoms with van der Waals surface area (Å²) in [7, 11) is 2.99. The Kier molecular flexibility index (Phi) is 5.89. The minimum absolute atomic E-state index is 0.147. The lowest BCUT2D eigenvalue weighted by Crippen LogP contribution is -2.36. The molecule has 0 aliphatic heterocycles. The van der Waals surface area contributed by atoms with Crippen LogP contribution >= 0.6 is 0 Å². The number of hydrogen-bond donors (Lipinski definition) is 3. The molecular weight excluding hydrogens is 239 g/mol. The Morgan fingerprint density at radius 3 is 2.83 bits per heavy atom. The van der Waals surface area contributed by atoms with Gasteiger partial charge in [0, 0.05) is 18.9 Å². The Bertz CT molecular complexity index is 412. The number of rotatable bonds is 5. The number of ether oxygens (including phenoxy) is 2. The van der Waals surface area contributed by atoms with E-state index in [9.17, 15) is 4.39 Å². The standard InChI is InChI=1S/C11H17FN4O2/c1-17-6-5-14-11(16-13)15-8-3-4-9(12)10(7-8)18-2/h3-4,7H,5-6,13H2,1-2H3,(H2,14,15,16). The SMILES string of the molecule is COCCN=C(NN)Nc1ccc(F)c(OC)c1. The summed E-state index contributed by atoms with van der Waals surface area (Å²) in [4.78, 5) is 4.12. The molecule has 0 aromatic heterocycles. The Morgan fingerprint density at radius 1 is 1.44 bits per heavy atom. The summed E-state index contributed by atoms with van der Waals surface area (Å²) in [5.74, 6) is 5.39. The fraction of sp³-hybridized carbons (Fsp3) is 0.364. The van der Waals surface area contributed by atoms with Crippen molar-refractivity contribution in [1.29, 1.82) is 0 Å². The summed E-state index contributed by atoms with van der Waals surface area (Å²) in [6.45, 7) is 0.945. The van der Waals surface area contributed by atoms with Gasteiger partial charge in [-0.2, -0.15) is 0 Å². The highest BCUT2D eigenvalue weighted by atomic mass is 19.1. The van der Waals surface area contributed by atoms with Gasteiger partial charge in [-0.1, -0.05) is 0 Å². The van der Waals surface area contributed by atoms with Gasteiger partial charge in [0.25, 0.3) is 0 Å². The number of anilines is 1. The van der Waals surface area contributed by atoms with E-state index in [1.54, 1.807) is 13.2 Å². The number of halogens is 1. The first kappa shape index (κ1) is 14.2. The third kappa shape index (κ3) is 4.19. The van der Waals surface area contributed by atoms with Crippen LogP contribution in [-0.2, 0) is 4.74 Å². The quantitative estimate of drug-likeness (QED) is 0.238. The van der Waals surface area contributed by atoms with Crippen molar-refractivity contribution in [2.75, 3.05) is 32.7 Å². The molecule has 0 saturated heterocycles. The van der Waals surface area contributed by atoms with E-state index < -0.39 is 5.82 Å². The van der Waals surface area contributed by atoms with Crippen LogP contribution in [0.4, 0.5) is 10.1 Å². The third-order valence-corrected chi connectivity index (χ3v) is 2.12. The minimum Gasteiger partial charge on any atom is -0.494 e. The number of nitrogens with one attached hydrogen (secondary N) is 2. The van der Waals surface area contributed by atoms with Crippen LogP contribution in [0.2, 0.25) is 0 Å². The minimum atomic E-state index is -0.429. The van der Waals surface area contributed by atoms with Gasteiger partial charge in [0.15, 0.2) is 11.6 Å². The normalized spacial score (nSPS) is 11.2. The number of nitrogens with zero attached hydrogens (tertiary/aromatic N) is 1. The molecule has 0 aliphatic rings. The molecule has 0 bridgehead atoms. The van der Waals surface area contributed by atoms with Crippen molar-refractivity contribution in [3.8, 4) is 5.75 Å². The molecule has 100 valence electrons. The topological polar surface area (TPSA) is 80.9 Å². The molecule has 0 saturated carbocycles. The van der Waals surface area contributed by atoms with E-state index in [0.29, 0.717) is 24.8 Å². The lowest BCUT2D eigenvalue weighted by Gasteiger charge is -2.10. The van der Waals surface area contributed by atoms with Crippen molar-refractivity contribution in [2.45, 2.75) is 0 Å². The molecule has 1 rings (SSSR count). The Morgan fingerprint density at radius 2 is 2.22 bits per heavy atom. The van der Waals surface area contributed by atoms with Crippen LogP contribution in [0.1, 0.15) is 0 Å². The fourth-order valence-electron chi connectivity index (χ4n) is 1.24. The maximum absolute atomic E-state index is 13.2. The summed E-state index contributed by atoms with van der Waals surface area (Å²) < 4.78 is 22.9. The zero-order chi connectivity index (χ0) is 13.4. The molecule has 0 atom stereocenters. The third-order valence-electron chi connectivity index (χ3n) is 2.12. The van der Waals surface area contributed by atoms with Gasteiger partial charge in [-0.25, -0.2) is 15.2 Å². The van der Waals surface area contributed by atoms with Crippen molar-refractivity contribution < 1.29 is 13.9 Å². The van der Waals surface area contributed by atoms with Crippen LogP contribution in [0, 0.1) is 5.82 Å². The van der Waals surface area contributed by atoms with Crippen LogP contribution in [0.5, 0.6) is 5.75 Å². The molecule has 0 fully saturated rings. The average molecular weight is 256 g/mol. The van der Waals surface area contributed by atoms with Crippen molar-refractivity contribution in [2.24, 2.45) is 10.8 Å². The summed E-state index contributed by atoms with van der Waals surface area (Å²) in [6, 6.07) is 4.37. The second-order valence-electron chi connectivity index (χ2n) is 3.34. The molecule has 0 aliphatic carbocycles. The zero-order valence-corrected chi connectivity index (χ0v) is 10.4. The van der Waals surface area contributed by atoms with Gasteiger partial charge < -0.3 is 14.8 Å². The van der Waals surface area contributed by atoms with Gasteiger partial charge in [-0.3, -0.25) is 5.43 Å². The zero-order valence-electron chi connectivity index (χ0n) is 10.4. The van der Waals surface area contributed by atoms with E-state index in [-0.39, 0.29) is 5.75 Å². The van der Waals surface area contributed by atoms with Crippen molar-refractivity contribution in [1.82, 2.24) is 5.43 Å². The molecule has 0 amide bonds. The molecule has 4 N–H and O–H groups in total. The number of hydrogen-bond acceptors (Lipinski definition) is 4. The van der Waals surface area contributed by atoms with E-state index in [2.05, 4.69) is 15.7 Å². The molecule has 0 radical (unpaired) electrons. The predicted octanol–water partition coefficient (Wildman–Crippen LogP) is 0.712. The highest BCUT2D eigenvalue weighted by molar-refractivity contribution is 5.93. The molecule has 18 heavy (non-hydrogen) atoms. The monoisotopic (exact) mass is 256 g/mol. The van der Waals surface area contributed by atoms with Crippen molar-refractivity contribution in [3.63, 3.8) is 0 Å². The highest BCUT2D eigenvalue weighted by Crippen LogP contribution is 2.21. The molecule has 0 unspecified atom stereocenters. The van der Waals surface area contributed by atoms with Gasteiger partial charge in [0.1, 0.15) is 0 Å². The highest BCUT2D eigenvalue weighted by Gasteiger charge is 2.04. The van der Waals surface area contributed by atoms with Crippen LogP contribution in [0.15, 0.2) is 23.2 Å². The van der Waals surface area contributed by atoms with Gasteiger partial charge >= 0.3 is 0 Å². The van der Waals surface area contributed by atoms with Gasteiger partial charge in [0.05, 0.1) is 20.3 Å². The number of benzene rings is 1. The Hall–Kier alpha value is -1.86. The molecule has 0 spiro atoms. The molecule has 6 nitrogen and oxygen atoms in total. The first-order valence-electron chi connectivity index (χ1n) is 5.31. The molecular formula is C11H17FN4O2. The summed E-state index contributed by atoms with van der Waals surface area (Å²) in [5, 5.41) is 2.90. The van der Waals surface area contributed by atoms with E-state index in [1.165, 1.54) is 19.2 Å². The first-order chi connectivity index (χ1) is 8.71. The van der Waals surface area contributed by atoms with E-state index in [1.807, 2.05) is 0 Å². The summed E-state index contributed by atoms with van der Waals surface area (Å²) in [6.07, 6.45) is 0. The van der Waals surface area contributed by atoms with Crippen molar-refractivity contribution in [3.05, 3.63) is 24.0 Å². The Balaban J connectivity index is 2.72. The molecule has 1 aromatic carbocycles. The molecule has 0 heterocycles. The predicted molar refractivity (Wildman–Crippen MR) is 68.1 cm³/mol. The maximum atomic E-state index is 13.2. The van der Waals surface area contributed by atoms with Gasteiger partial charge in [-0.05, 0) is 12.1 Å². The number of nitrogens with two attached hydrogens (primary N) is 1. The average Bonchev–Trinajstić information content (AvgIpc) is 2.39. The molecule has 1 aromatic rings. The number of guanidine groups is 1. The lowest BCUT2D eigenvalue weighted by atomic mass is 10.3. The van der Waals surface area contributed by atoms with Crippen LogP contribution in [0.3, 0.4) is 0 Å². The second-order valence-corrected chi connectivity index (χ2v) is 3.34. The second kappa shape index (κ2) is 7.46. The Labute approximate surface area is 105 Å². The van der Waals surface area contributed by atoms with Gasteiger partial charge in [0.2, 0.25) is 5.96 Å². The van der Waals surface area contributed by atoms with Crippen LogP contribution < -0.4 is 21.3 Å². The number of hydrazine groups is 1. The van der Waals surface area contributed by atoms with E-state index in [4.69, 9.17) is 15.3 Å².